The van der Waals surface area contributed by atoms with E-state index in [0.717, 1.165) is 12.1 Å². The van der Waals surface area contributed by atoms with Crippen LogP contribution in [0.2, 0.25) is 0 Å². The average molecular weight is 279 g/mol. The van der Waals surface area contributed by atoms with Gasteiger partial charge in [-0.1, -0.05) is 30.3 Å². The largest absolute Gasteiger partial charge is 0.385 e. The lowest BCUT2D eigenvalue weighted by atomic mass is 10.1. The van der Waals surface area contributed by atoms with E-state index in [4.69, 9.17) is 10.5 Å². The lowest BCUT2D eigenvalue weighted by Crippen LogP contribution is -2.45. The number of amides is 1. The lowest BCUT2D eigenvalue weighted by molar-refractivity contribution is -0.123. The zero-order valence-electron chi connectivity index (χ0n) is 12.5. The lowest BCUT2D eigenvalue weighted by Gasteiger charge is -2.24. The maximum atomic E-state index is 12.1. The van der Waals surface area contributed by atoms with Gasteiger partial charge in [-0.25, -0.2) is 0 Å². The number of benzene rings is 1. The molecule has 0 fully saturated rings. The van der Waals surface area contributed by atoms with Crippen LogP contribution in [-0.4, -0.2) is 51.2 Å². The smallest absolute Gasteiger partial charge is 0.237 e. The van der Waals surface area contributed by atoms with Crippen LogP contribution < -0.4 is 11.1 Å². The number of nitrogens with two attached hydrogens (primary N) is 1. The van der Waals surface area contributed by atoms with Crippen molar-refractivity contribution in [1.29, 1.82) is 0 Å². The first kappa shape index (κ1) is 16.6. The highest BCUT2D eigenvalue weighted by atomic mass is 16.5. The number of nitrogens with zero attached hydrogens (tertiary/aromatic N) is 1. The first-order chi connectivity index (χ1) is 9.54. The second-order valence-electron chi connectivity index (χ2n) is 5.12. The molecule has 0 bridgehead atoms. The molecule has 0 saturated carbocycles. The van der Waals surface area contributed by atoms with Gasteiger partial charge in [-0.3, -0.25) is 4.79 Å². The second kappa shape index (κ2) is 8.68. The first-order valence-corrected chi connectivity index (χ1v) is 6.79. The number of carbonyl (C=O) groups excluding carboxylic acids is 1. The van der Waals surface area contributed by atoms with Crippen molar-refractivity contribution < 1.29 is 9.53 Å². The van der Waals surface area contributed by atoms with E-state index in [2.05, 4.69) is 5.32 Å². The Kier molecular flexibility index (Phi) is 7.22. The molecule has 0 spiro atoms. The number of carbonyl (C=O) groups is 1. The number of hydrogen-bond donors (Lipinski definition) is 2. The third-order valence-corrected chi connectivity index (χ3v) is 3.04. The van der Waals surface area contributed by atoms with Crippen molar-refractivity contribution in [3.63, 3.8) is 0 Å². The molecule has 0 aliphatic heterocycles. The molecule has 0 aliphatic carbocycles. The average Bonchev–Trinajstić information content (AvgIpc) is 2.44. The van der Waals surface area contributed by atoms with Crippen LogP contribution in [0, 0.1) is 0 Å². The van der Waals surface area contributed by atoms with Crippen LogP contribution in [0.1, 0.15) is 18.0 Å². The summed E-state index contributed by atoms with van der Waals surface area (Å²) < 4.78 is 4.95. The van der Waals surface area contributed by atoms with E-state index in [1.54, 1.807) is 7.11 Å². The maximum Gasteiger partial charge on any atom is 0.237 e. The molecular formula is C15H25N3O2. The van der Waals surface area contributed by atoms with Gasteiger partial charge in [0.05, 0.1) is 12.1 Å². The Morgan fingerprint density at radius 1 is 1.35 bits per heavy atom. The molecule has 112 valence electrons. The van der Waals surface area contributed by atoms with Crippen molar-refractivity contribution in [3.05, 3.63) is 35.9 Å². The molecule has 0 aromatic heterocycles. The van der Waals surface area contributed by atoms with E-state index in [-0.39, 0.29) is 11.9 Å². The SMILES string of the molecule is COCCC(N)C(=O)NC(CN(C)C)c1ccccc1. The molecule has 5 nitrogen and oxygen atoms in total. The summed E-state index contributed by atoms with van der Waals surface area (Å²) in [5.41, 5.74) is 6.93. The van der Waals surface area contributed by atoms with Crippen LogP contribution >= 0.6 is 0 Å². The third-order valence-electron chi connectivity index (χ3n) is 3.04. The Balaban J connectivity index is 2.68. The fourth-order valence-corrected chi connectivity index (χ4v) is 1.94. The number of nitrogens with one attached hydrogen (secondary N) is 1. The van der Waals surface area contributed by atoms with Crippen LogP contribution in [0.15, 0.2) is 30.3 Å². The molecule has 0 saturated heterocycles. The molecule has 3 N–H and O–H groups in total. The predicted octanol–water partition coefficient (Wildman–Crippen LogP) is 0.769. The van der Waals surface area contributed by atoms with Crippen LogP contribution in [0.3, 0.4) is 0 Å². The summed E-state index contributed by atoms with van der Waals surface area (Å²) in [7, 11) is 5.56. The summed E-state index contributed by atoms with van der Waals surface area (Å²) in [5.74, 6) is -0.141. The van der Waals surface area contributed by atoms with Gasteiger partial charge in [-0.05, 0) is 26.1 Å². The molecule has 2 atom stereocenters. The zero-order valence-corrected chi connectivity index (χ0v) is 12.5. The van der Waals surface area contributed by atoms with Gasteiger partial charge < -0.3 is 20.7 Å². The molecule has 1 aromatic rings. The summed E-state index contributed by atoms with van der Waals surface area (Å²) in [6.45, 7) is 1.21. The van der Waals surface area contributed by atoms with Gasteiger partial charge in [0.1, 0.15) is 0 Å². The molecule has 2 unspecified atom stereocenters. The first-order valence-electron chi connectivity index (χ1n) is 6.79. The quantitative estimate of drug-likeness (QED) is 0.737. The summed E-state index contributed by atoms with van der Waals surface area (Å²) >= 11 is 0. The summed E-state index contributed by atoms with van der Waals surface area (Å²) in [5, 5.41) is 3.01. The summed E-state index contributed by atoms with van der Waals surface area (Å²) in [6, 6.07) is 9.31. The Morgan fingerprint density at radius 2 is 2.00 bits per heavy atom. The highest BCUT2D eigenvalue weighted by molar-refractivity contribution is 5.81. The molecule has 0 heterocycles. The van der Waals surface area contributed by atoms with Crippen molar-refractivity contribution in [1.82, 2.24) is 10.2 Å². The van der Waals surface area contributed by atoms with E-state index < -0.39 is 6.04 Å². The molecule has 20 heavy (non-hydrogen) atoms. The van der Waals surface area contributed by atoms with Gasteiger partial charge in [-0.15, -0.1) is 0 Å². The van der Waals surface area contributed by atoms with Crippen molar-refractivity contribution in [2.24, 2.45) is 5.73 Å². The Bertz CT molecular complexity index is 395. The van der Waals surface area contributed by atoms with Gasteiger partial charge >= 0.3 is 0 Å². The van der Waals surface area contributed by atoms with E-state index in [9.17, 15) is 4.79 Å². The Labute approximate surface area is 121 Å². The van der Waals surface area contributed by atoms with Crippen LogP contribution in [-0.2, 0) is 9.53 Å². The summed E-state index contributed by atoms with van der Waals surface area (Å²) in [6.07, 6.45) is 0.520. The predicted molar refractivity (Wildman–Crippen MR) is 80.3 cm³/mol. The van der Waals surface area contributed by atoms with Crippen molar-refractivity contribution >= 4 is 5.91 Å². The van der Waals surface area contributed by atoms with Crippen molar-refractivity contribution in [3.8, 4) is 0 Å². The van der Waals surface area contributed by atoms with Gasteiger partial charge in [0.2, 0.25) is 5.91 Å². The number of likely N-dealkylation sites (N-methyl/N-ethyl adjacent to an activating group) is 1. The van der Waals surface area contributed by atoms with Gasteiger partial charge in [0.15, 0.2) is 0 Å². The van der Waals surface area contributed by atoms with E-state index in [0.29, 0.717) is 13.0 Å². The molecular weight excluding hydrogens is 254 g/mol. The minimum Gasteiger partial charge on any atom is -0.385 e. The normalized spacial score (nSPS) is 14.1. The van der Waals surface area contributed by atoms with Crippen LogP contribution in [0.4, 0.5) is 0 Å². The van der Waals surface area contributed by atoms with Gasteiger partial charge in [0.25, 0.3) is 0 Å². The zero-order chi connectivity index (χ0) is 15.0. The minimum absolute atomic E-state index is 0.0627. The second-order valence-corrected chi connectivity index (χ2v) is 5.12. The van der Waals surface area contributed by atoms with Crippen molar-refractivity contribution in [2.75, 3.05) is 34.4 Å². The third kappa shape index (κ3) is 5.69. The Hall–Kier alpha value is -1.43. The van der Waals surface area contributed by atoms with Crippen LogP contribution in [0.25, 0.3) is 0 Å². The maximum absolute atomic E-state index is 12.1. The van der Waals surface area contributed by atoms with E-state index in [1.807, 2.05) is 49.3 Å². The number of hydrogen-bond acceptors (Lipinski definition) is 4. The highest BCUT2D eigenvalue weighted by Crippen LogP contribution is 2.13. The topological polar surface area (TPSA) is 67.6 Å². The minimum atomic E-state index is -0.539. The monoisotopic (exact) mass is 279 g/mol. The van der Waals surface area contributed by atoms with E-state index >= 15 is 0 Å². The van der Waals surface area contributed by atoms with Crippen LogP contribution in [0.5, 0.6) is 0 Å². The standard InChI is InChI=1S/C15H25N3O2/c1-18(2)11-14(12-7-5-4-6-8-12)17-15(19)13(16)9-10-20-3/h4-8,13-14H,9-11,16H2,1-3H3,(H,17,19). The summed E-state index contributed by atoms with van der Waals surface area (Å²) in [4.78, 5) is 14.1. The molecule has 1 aromatic carbocycles. The number of rotatable bonds is 8. The van der Waals surface area contributed by atoms with Gasteiger partial charge in [0, 0.05) is 20.3 Å². The molecule has 0 radical (unpaired) electrons. The highest BCUT2D eigenvalue weighted by Gasteiger charge is 2.19. The number of methoxy groups -OCH3 is 1. The molecule has 5 heteroatoms. The van der Waals surface area contributed by atoms with Gasteiger partial charge in [-0.2, -0.15) is 0 Å². The van der Waals surface area contributed by atoms with E-state index in [1.165, 1.54) is 0 Å². The fourth-order valence-electron chi connectivity index (χ4n) is 1.94. The van der Waals surface area contributed by atoms with Crippen molar-refractivity contribution in [2.45, 2.75) is 18.5 Å². The Morgan fingerprint density at radius 3 is 2.55 bits per heavy atom. The number of ether oxygens (including phenoxy) is 1. The molecule has 1 rings (SSSR count). The fraction of sp³-hybridized carbons (Fsp3) is 0.533. The molecule has 1 amide bonds. The molecule has 0 aliphatic rings.